The van der Waals surface area contributed by atoms with Gasteiger partial charge in [0.05, 0.1) is 19.8 Å². The maximum atomic E-state index is 13.7. The van der Waals surface area contributed by atoms with Gasteiger partial charge in [-0.1, -0.05) is 37.3 Å². The van der Waals surface area contributed by atoms with Crippen LogP contribution in [-0.4, -0.2) is 71.8 Å². The van der Waals surface area contributed by atoms with E-state index in [-0.39, 0.29) is 42.3 Å². The fourth-order valence-electron chi connectivity index (χ4n) is 4.62. The van der Waals surface area contributed by atoms with Gasteiger partial charge in [-0.3, -0.25) is 9.69 Å². The second kappa shape index (κ2) is 11.7. The Kier molecular flexibility index (Phi) is 8.41. The van der Waals surface area contributed by atoms with Gasteiger partial charge in [0.1, 0.15) is 23.2 Å². The van der Waals surface area contributed by atoms with Crippen molar-refractivity contribution in [3.05, 3.63) is 77.7 Å². The lowest BCUT2D eigenvalue weighted by atomic mass is 9.99. The van der Waals surface area contributed by atoms with Crippen molar-refractivity contribution in [2.75, 3.05) is 33.9 Å². The third-order valence-corrected chi connectivity index (χ3v) is 6.80. The molecule has 37 heavy (non-hydrogen) atoms. The summed E-state index contributed by atoms with van der Waals surface area (Å²) in [5.41, 5.74) is 2.90. The molecule has 0 bridgehead atoms. The highest BCUT2D eigenvalue weighted by molar-refractivity contribution is 5.98. The van der Waals surface area contributed by atoms with Crippen LogP contribution < -0.4 is 9.47 Å². The first kappa shape index (κ1) is 26.6. The SMILES string of the molecule is COc1ccccc1-c1cnc2c(c1)C(=O)N([C@@H](C)CO)C[C@@H](C)[C@H](CN(C)Cc1ccc(F)cc1)O2. The fourth-order valence-corrected chi connectivity index (χ4v) is 4.62. The van der Waals surface area contributed by atoms with Crippen LogP contribution in [0.15, 0.2) is 60.8 Å². The zero-order chi connectivity index (χ0) is 26.5. The number of aliphatic hydroxyl groups excluding tert-OH is 1. The summed E-state index contributed by atoms with van der Waals surface area (Å²) in [6.07, 6.45) is 1.42. The molecule has 7 nitrogen and oxygen atoms in total. The van der Waals surface area contributed by atoms with Crippen molar-refractivity contribution in [1.82, 2.24) is 14.8 Å². The molecule has 1 aromatic heterocycles. The number of carbonyl (C=O) groups is 1. The quantitative estimate of drug-likeness (QED) is 0.492. The lowest BCUT2D eigenvalue weighted by Crippen LogP contribution is -2.49. The molecular formula is C29H34FN3O4. The largest absolute Gasteiger partial charge is 0.496 e. The third kappa shape index (κ3) is 6.09. The van der Waals surface area contributed by atoms with Crippen molar-refractivity contribution >= 4 is 5.91 Å². The second-order valence-electron chi connectivity index (χ2n) is 9.72. The van der Waals surface area contributed by atoms with Crippen LogP contribution in [0.5, 0.6) is 11.6 Å². The van der Waals surface area contributed by atoms with Crippen LogP contribution in [0.4, 0.5) is 4.39 Å². The maximum absolute atomic E-state index is 13.7. The first-order chi connectivity index (χ1) is 17.8. The minimum Gasteiger partial charge on any atom is -0.496 e. The number of hydrogen-bond acceptors (Lipinski definition) is 6. The van der Waals surface area contributed by atoms with E-state index in [4.69, 9.17) is 9.47 Å². The Hall–Kier alpha value is -3.49. The van der Waals surface area contributed by atoms with Crippen molar-refractivity contribution in [3.8, 4) is 22.8 Å². The van der Waals surface area contributed by atoms with Crippen molar-refractivity contribution in [3.63, 3.8) is 0 Å². The number of ether oxygens (including phenoxy) is 2. The molecule has 8 heteroatoms. The molecule has 196 valence electrons. The number of benzene rings is 2. The van der Waals surface area contributed by atoms with Gasteiger partial charge in [-0.25, -0.2) is 9.37 Å². The fraction of sp³-hybridized carbons (Fsp3) is 0.379. The van der Waals surface area contributed by atoms with Crippen LogP contribution in [0.1, 0.15) is 29.8 Å². The second-order valence-corrected chi connectivity index (χ2v) is 9.72. The molecular weight excluding hydrogens is 473 g/mol. The summed E-state index contributed by atoms with van der Waals surface area (Å²) in [6, 6.07) is 15.4. The molecule has 1 aliphatic rings. The number of fused-ring (bicyclic) bond motifs is 1. The number of likely N-dealkylation sites (N-methyl/N-ethyl adjacent to an activating group) is 1. The zero-order valence-corrected chi connectivity index (χ0v) is 21.7. The Labute approximate surface area is 217 Å². The number of hydrogen-bond donors (Lipinski definition) is 1. The normalized spacial score (nSPS) is 18.6. The number of aromatic nitrogens is 1. The minimum atomic E-state index is -0.367. The molecule has 0 saturated carbocycles. The average molecular weight is 508 g/mol. The van der Waals surface area contributed by atoms with Gasteiger partial charge in [-0.2, -0.15) is 0 Å². The third-order valence-electron chi connectivity index (χ3n) is 6.80. The Bertz CT molecular complexity index is 1220. The van der Waals surface area contributed by atoms with Crippen LogP contribution >= 0.6 is 0 Å². The topological polar surface area (TPSA) is 75.1 Å². The first-order valence-electron chi connectivity index (χ1n) is 12.5. The molecule has 0 spiro atoms. The maximum Gasteiger partial charge on any atom is 0.259 e. The van der Waals surface area contributed by atoms with E-state index in [1.807, 2.05) is 45.2 Å². The summed E-state index contributed by atoms with van der Waals surface area (Å²) in [7, 11) is 3.59. The van der Waals surface area contributed by atoms with E-state index in [2.05, 4.69) is 9.88 Å². The van der Waals surface area contributed by atoms with Gasteiger partial charge in [0.15, 0.2) is 0 Å². The Morgan fingerprint density at radius 3 is 2.65 bits per heavy atom. The molecule has 2 heterocycles. The lowest BCUT2D eigenvalue weighted by Gasteiger charge is -2.37. The van der Waals surface area contributed by atoms with Crippen LogP contribution in [0.2, 0.25) is 0 Å². The number of amides is 1. The van der Waals surface area contributed by atoms with Gasteiger partial charge in [0.25, 0.3) is 5.91 Å². The number of methoxy groups -OCH3 is 1. The molecule has 0 aliphatic carbocycles. The zero-order valence-electron chi connectivity index (χ0n) is 21.7. The highest BCUT2D eigenvalue weighted by Gasteiger charge is 2.34. The Balaban J connectivity index is 1.67. The summed E-state index contributed by atoms with van der Waals surface area (Å²) in [6.45, 7) is 5.34. The molecule has 0 unspecified atom stereocenters. The van der Waals surface area contributed by atoms with Crippen LogP contribution in [0.3, 0.4) is 0 Å². The van der Waals surface area contributed by atoms with Gasteiger partial charge in [0, 0.05) is 42.9 Å². The van der Waals surface area contributed by atoms with E-state index < -0.39 is 0 Å². The van der Waals surface area contributed by atoms with Gasteiger partial charge in [0.2, 0.25) is 5.88 Å². The van der Waals surface area contributed by atoms with Gasteiger partial charge in [-0.15, -0.1) is 0 Å². The number of halogens is 1. The number of carbonyl (C=O) groups excluding carboxylic acids is 1. The molecule has 1 N–H and O–H groups in total. The van der Waals surface area contributed by atoms with E-state index in [9.17, 15) is 14.3 Å². The van der Waals surface area contributed by atoms with Gasteiger partial charge in [-0.05, 0) is 43.8 Å². The highest BCUT2D eigenvalue weighted by atomic mass is 19.1. The molecule has 1 amide bonds. The number of para-hydroxylation sites is 1. The molecule has 0 fully saturated rings. The standard InChI is InChI=1S/C29H34FN3O4/c1-19-15-33(20(2)18-34)29(35)25-13-22(24-7-5-6-8-26(24)36-4)14-31-28(25)37-27(19)17-32(3)16-21-9-11-23(30)12-10-21/h5-14,19-20,27,34H,15-18H2,1-4H3/t19-,20+,27+/m1/s1. The van der Waals surface area contributed by atoms with Gasteiger partial charge >= 0.3 is 0 Å². The van der Waals surface area contributed by atoms with E-state index >= 15 is 0 Å². The summed E-state index contributed by atoms with van der Waals surface area (Å²) in [4.78, 5) is 22.1. The summed E-state index contributed by atoms with van der Waals surface area (Å²) in [5, 5.41) is 9.90. The van der Waals surface area contributed by atoms with Crippen molar-refractivity contribution in [2.45, 2.75) is 32.5 Å². The van der Waals surface area contributed by atoms with E-state index in [0.717, 1.165) is 16.7 Å². The van der Waals surface area contributed by atoms with Crippen molar-refractivity contribution in [2.24, 2.45) is 5.92 Å². The predicted octanol–water partition coefficient (Wildman–Crippen LogP) is 4.25. The van der Waals surface area contributed by atoms with Crippen LogP contribution in [0.25, 0.3) is 11.1 Å². The first-order valence-corrected chi connectivity index (χ1v) is 12.5. The molecule has 3 atom stereocenters. The monoisotopic (exact) mass is 507 g/mol. The smallest absolute Gasteiger partial charge is 0.259 e. The molecule has 0 radical (unpaired) electrons. The van der Waals surface area contributed by atoms with Gasteiger partial charge < -0.3 is 19.5 Å². The van der Waals surface area contributed by atoms with Crippen LogP contribution in [0, 0.1) is 11.7 Å². The Morgan fingerprint density at radius 2 is 1.95 bits per heavy atom. The van der Waals surface area contributed by atoms with Crippen molar-refractivity contribution in [1.29, 1.82) is 0 Å². The summed E-state index contributed by atoms with van der Waals surface area (Å²) >= 11 is 0. The number of pyridine rings is 1. The average Bonchev–Trinajstić information content (AvgIpc) is 2.91. The van der Waals surface area contributed by atoms with Crippen molar-refractivity contribution < 1.29 is 23.8 Å². The summed E-state index contributed by atoms with van der Waals surface area (Å²) in [5.74, 6) is 0.424. The molecule has 2 aromatic carbocycles. The summed E-state index contributed by atoms with van der Waals surface area (Å²) < 4.78 is 25.2. The van der Waals surface area contributed by atoms with Crippen LogP contribution in [-0.2, 0) is 6.54 Å². The van der Waals surface area contributed by atoms with E-state index in [0.29, 0.717) is 30.9 Å². The Morgan fingerprint density at radius 1 is 1.22 bits per heavy atom. The molecule has 4 rings (SSSR count). The number of nitrogens with zero attached hydrogens (tertiary/aromatic N) is 3. The predicted molar refractivity (Wildman–Crippen MR) is 140 cm³/mol. The lowest BCUT2D eigenvalue weighted by molar-refractivity contribution is 0.0325. The molecule has 3 aromatic rings. The molecule has 0 saturated heterocycles. The van der Waals surface area contributed by atoms with E-state index in [1.54, 1.807) is 36.4 Å². The minimum absolute atomic E-state index is 0.0301. The van der Waals surface area contributed by atoms with E-state index in [1.165, 1.54) is 12.1 Å². The number of rotatable bonds is 8. The number of aliphatic hydroxyl groups is 1. The highest BCUT2D eigenvalue weighted by Crippen LogP contribution is 2.34. The molecule has 1 aliphatic heterocycles.